The van der Waals surface area contributed by atoms with Crippen molar-refractivity contribution >= 4 is 29.2 Å². The summed E-state index contributed by atoms with van der Waals surface area (Å²) in [6.07, 6.45) is 3.76. The molecule has 8 nitrogen and oxygen atoms in total. The fourth-order valence-electron chi connectivity index (χ4n) is 4.43. The number of hydrogen-bond donors (Lipinski definition) is 3. The topological polar surface area (TPSA) is 105 Å². The van der Waals surface area contributed by atoms with Crippen LogP contribution in [0.2, 0.25) is 0 Å². The fraction of sp³-hybridized carbons (Fsp3) is 0.333. The van der Waals surface area contributed by atoms with Gasteiger partial charge in [0.15, 0.2) is 0 Å². The molecule has 0 bridgehead atoms. The van der Waals surface area contributed by atoms with Gasteiger partial charge >= 0.3 is 5.97 Å². The number of ether oxygens (including phenoxy) is 1. The van der Waals surface area contributed by atoms with Crippen LogP contribution in [0.4, 0.5) is 5.95 Å². The van der Waals surface area contributed by atoms with Crippen LogP contribution >= 0.6 is 11.3 Å². The quantitative estimate of drug-likeness (QED) is 0.395. The van der Waals surface area contributed by atoms with Crippen molar-refractivity contribution in [1.82, 2.24) is 20.6 Å². The minimum Gasteiger partial charge on any atom is -0.467 e. The third-order valence-corrected chi connectivity index (χ3v) is 7.02. The Morgan fingerprint density at radius 3 is 2.72 bits per heavy atom. The maximum Gasteiger partial charge on any atom is 0.328 e. The molecule has 0 aliphatic carbocycles. The van der Waals surface area contributed by atoms with Crippen LogP contribution in [-0.4, -0.2) is 46.6 Å². The van der Waals surface area contributed by atoms with Crippen LogP contribution in [-0.2, 0) is 16.0 Å². The molecule has 4 rings (SSSR count). The van der Waals surface area contributed by atoms with E-state index in [0.29, 0.717) is 17.2 Å². The minimum atomic E-state index is -0.783. The highest BCUT2D eigenvalue weighted by Crippen LogP contribution is 2.29. The third kappa shape index (κ3) is 6.48. The van der Waals surface area contributed by atoms with Crippen molar-refractivity contribution in [3.63, 3.8) is 0 Å². The number of rotatable bonds is 8. The number of benzene rings is 1. The van der Waals surface area contributed by atoms with Gasteiger partial charge in [-0.3, -0.25) is 4.79 Å². The molecule has 0 saturated carbocycles. The zero-order chi connectivity index (χ0) is 25.7. The van der Waals surface area contributed by atoms with E-state index in [2.05, 4.69) is 46.3 Å². The molecule has 1 aliphatic rings. The number of esters is 1. The number of carbonyl (C=O) groups excluding carboxylic acids is 2. The summed E-state index contributed by atoms with van der Waals surface area (Å²) < 4.78 is 4.91. The number of piperidine rings is 1. The Labute approximate surface area is 215 Å². The molecule has 9 heteroatoms. The Kier molecular flexibility index (Phi) is 7.69. The van der Waals surface area contributed by atoms with Gasteiger partial charge in [0.1, 0.15) is 6.04 Å². The summed E-state index contributed by atoms with van der Waals surface area (Å²) >= 11 is 1.31. The Morgan fingerprint density at radius 1 is 1.22 bits per heavy atom. The highest BCUT2D eigenvalue weighted by atomic mass is 32.1. The lowest BCUT2D eigenvalue weighted by Crippen LogP contribution is -2.48. The number of anilines is 1. The standard InChI is InChI=1S/C27H31N5O3S/c1-17-14-19(16-27(2,3)32-17)29-26-28-13-12-20(31-26)22-10-11-23(36-22)24(33)30-21(25(34)35-4)15-18-8-6-5-7-9-18/h5-13,19,21,32H,1,14-16H2,2-4H3,(H,30,33)(H,28,29,31)/t19?,21-/m1/s1. The van der Waals surface area contributed by atoms with Crippen LogP contribution in [0.15, 0.2) is 67.0 Å². The van der Waals surface area contributed by atoms with Crippen LogP contribution in [0.5, 0.6) is 0 Å². The minimum absolute atomic E-state index is 0.0524. The summed E-state index contributed by atoms with van der Waals surface area (Å²) in [7, 11) is 1.32. The van der Waals surface area contributed by atoms with Crippen molar-refractivity contribution < 1.29 is 14.3 Å². The van der Waals surface area contributed by atoms with Gasteiger partial charge in [0.05, 0.1) is 22.6 Å². The highest BCUT2D eigenvalue weighted by Gasteiger charge is 2.29. The van der Waals surface area contributed by atoms with Crippen LogP contribution in [0.1, 0.15) is 41.9 Å². The highest BCUT2D eigenvalue weighted by molar-refractivity contribution is 7.17. The number of nitrogens with zero attached hydrogens (tertiary/aromatic N) is 2. The fourth-order valence-corrected chi connectivity index (χ4v) is 5.31. The number of nitrogens with one attached hydrogen (secondary N) is 3. The molecule has 2 atom stereocenters. The van der Waals surface area contributed by atoms with E-state index in [4.69, 9.17) is 4.74 Å². The molecule has 1 saturated heterocycles. The van der Waals surface area contributed by atoms with E-state index in [0.717, 1.165) is 34.7 Å². The Bertz CT molecular complexity index is 1240. The molecular formula is C27H31N5O3S. The van der Waals surface area contributed by atoms with Crippen LogP contribution in [0.25, 0.3) is 10.6 Å². The molecule has 0 radical (unpaired) electrons. The number of carbonyl (C=O) groups is 2. The number of hydrogen-bond acceptors (Lipinski definition) is 8. The maximum absolute atomic E-state index is 13.0. The second-order valence-corrected chi connectivity index (χ2v) is 10.6. The van der Waals surface area contributed by atoms with Gasteiger partial charge in [-0.05, 0) is 44.0 Å². The molecule has 1 amide bonds. The summed E-state index contributed by atoms with van der Waals surface area (Å²) in [5.41, 5.74) is 2.59. The molecule has 3 heterocycles. The van der Waals surface area contributed by atoms with E-state index in [1.807, 2.05) is 42.5 Å². The van der Waals surface area contributed by atoms with Gasteiger partial charge < -0.3 is 20.7 Å². The van der Waals surface area contributed by atoms with E-state index >= 15 is 0 Å². The molecule has 1 unspecified atom stereocenters. The maximum atomic E-state index is 13.0. The van der Waals surface area contributed by atoms with Crippen molar-refractivity contribution in [3.05, 3.63) is 77.4 Å². The molecule has 188 valence electrons. The average molecular weight is 506 g/mol. The van der Waals surface area contributed by atoms with Crippen LogP contribution in [0.3, 0.4) is 0 Å². The normalized spacial score (nSPS) is 17.5. The molecule has 3 N–H and O–H groups in total. The predicted molar refractivity (Wildman–Crippen MR) is 142 cm³/mol. The van der Waals surface area contributed by atoms with Gasteiger partial charge in [-0.25, -0.2) is 14.8 Å². The second kappa shape index (κ2) is 10.9. The first-order valence-electron chi connectivity index (χ1n) is 11.8. The summed E-state index contributed by atoms with van der Waals surface area (Å²) in [5, 5.41) is 9.66. The molecule has 1 fully saturated rings. The average Bonchev–Trinajstić information content (AvgIpc) is 3.33. The molecule has 3 aromatic rings. The van der Waals surface area contributed by atoms with Gasteiger partial charge in [0, 0.05) is 36.3 Å². The van der Waals surface area contributed by atoms with Gasteiger partial charge in [-0.15, -0.1) is 11.3 Å². The first kappa shape index (κ1) is 25.4. The molecule has 0 spiro atoms. The largest absolute Gasteiger partial charge is 0.467 e. The summed E-state index contributed by atoms with van der Waals surface area (Å²) in [6.45, 7) is 8.38. The number of aromatic nitrogens is 2. The molecular weight excluding hydrogens is 474 g/mol. The molecule has 1 aromatic carbocycles. The van der Waals surface area contributed by atoms with Crippen LogP contribution < -0.4 is 16.0 Å². The van der Waals surface area contributed by atoms with Crippen molar-refractivity contribution in [3.8, 4) is 10.6 Å². The molecule has 1 aliphatic heterocycles. The van der Waals surface area contributed by atoms with E-state index in [1.54, 1.807) is 12.3 Å². The van der Waals surface area contributed by atoms with E-state index in [9.17, 15) is 9.59 Å². The third-order valence-electron chi connectivity index (χ3n) is 5.91. The summed E-state index contributed by atoms with van der Waals surface area (Å²) in [5.74, 6) is -0.282. The predicted octanol–water partition coefficient (Wildman–Crippen LogP) is 4.18. The van der Waals surface area contributed by atoms with Crippen molar-refractivity contribution in [2.75, 3.05) is 12.4 Å². The monoisotopic (exact) mass is 505 g/mol. The van der Waals surface area contributed by atoms with Gasteiger partial charge in [0.2, 0.25) is 5.95 Å². The van der Waals surface area contributed by atoms with Gasteiger partial charge in [-0.2, -0.15) is 0 Å². The number of amides is 1. The molecule has 36 heavy (non-hydrogen) atoms. The van der Waals surface area contributed by atoms with Gasteiger partial charge in [-0.1, -0.05) is 36.9 Å². The Balaban J connectivity index is 1.45. The van der Waals surface area contributed by atoms with E-state index < -0.39 is 12.0 Å². The van der Waals surface area contributed by atoms with Crippen molar-refractivity contribution in [2.45, 2.75) is 50.7 Å². The lowest BCUT2D eigenvalue weighted by atomic mass is 9.88. The summed E-state index contributed by atoms with van der Waals surface area (Å²) in [6, 6.07) is 14.3. The zero-order valence-electron chi connectivity index (χ0n) is 20.7. The SMILES string of the molecule is C=C1CC(Nc2nccc(-c3ccc(C(=O)N[C@H](Cc4ccccc4)C(=O)OC)s3)n2)CC(C)(C)N1. The van der Waals surface area contributed by atoms with E-state index in [-0.39, 0.29) is 17.5 Å². The lowest BCUT2D eigenvalue weighted by Gasteiger charge is -2.38. The summed E-state index contributed by atoms with van der Waals surface area (Å²) in [4.78, 5) is 35.6. The van der Waals surface area contributed by atoms with Crippen molar-refractivity contribution in [1.29, 1.82) is 0 Å². The Morgan fingerprint density at radius 2 is 2.00 bits per heavy atom. The number of thiophene rings is 1. The van der Waals surface area contributed by atoms with E-state index in [1.165, 1.54) is 18.4 Å². The second-order valence-electron chi connectivity index (χ2n) is 9.53. The van der Waals surface area contributed by atoms with Gasteiger partial charge in [0.25, 0.3) is 5.91 Å². The Hall–Kier alpha value is -3.72. The lowest BCUT2D eigenvalue weighted by molar-refractivity contribution is -0.142. The van der Waals surface area contributed by atoms with Crippen LogP contribution in [0, 0.1) is 0 Å². The molecule has 2 aromatic heterocycles. The first-order chi connectivity index (χ1) is 17.2. The first-order valence-corrected chi connectivity index (χ1v) is 12.6. The number of methoxy groups -OCH3 is 1. The smallest absolute Gasteiger partial charge is 0.328 e. The van der Waals surface area contributed by atoms with Crippen molar-refractivity contribution in [2.24, 2.45) is 0 Å². The zero-order valence-corrected chi connectivity index (χ0v) is 21.5.